The molecule has 1 heterocycles. The summed E-state index contributed by atoms with van der Waals surface area (Å²) in [6, 6.07) is 0. The van der Waals surface area contributed by atoms with E-state index < -0.39 is 0 Å². The van der Waals surface area contributed by atoms with Crippen molar-refractivity contribution in [1.29, 1.82) is 0 Å². The molecule has 1 aliphatic rings. The number of nitrogen functional groups attached to an aromatic ring is 1. The number of rotatable bonds is 5. The molecule has 0 aromatic carbocycles. The second-order valence-electron chi connectivity index (χ2n) is 5.21. The quantitative estimate of drug-likeness (QED) is 0.565. The van der Waals surface area contributed by atoms with Crippen LogP contribution < -0.4 is 16.6 Å². The fraction of sp³-hybridized carbons (Fsp3) is 0.667. The van der Waals surface area contributed by atoms with Gasteiger partial charge < -0.3 is 10.2 Å². The van der Waals surface area contributed by atoms with Crippen molar-refractivity contribution in [3.8, 4) is 0 Å². The molecule has 1 aliphatic carbocycles. The van der Waals surface area contributed by atoms with Crippen LogP contribution in [-0.2, 0) is 0 Å². The maximum Gasteiger partial charge on any atom is 0.239 e. The van der Waals surface area contributed by atoms with Crippen molar-refractivity contribution in [2.24, 2.45) is 5.84 Å². The van der Waals surface area contributed by atoms with Crippen LogP contribution in [0.25, 0.3) is 0 Å². The second-order valence-corrected chi connectivity index (χ2v) is 6.07. The number of nitrogens with zero attached hydrogens (tertiary/aromatic N) is 3. The largest absolute Gasteiger partial charge is 0.367 e. The Morgan fingerprint density at radius 2 is 2.11 bits per heavy atom. The predicted octanol–water partition coefficient (Wildman–Crippen LogP) is 1.81. The summed E-state index contributed by atoms with van der Waals surface area (Å²) in [5.41, 5.74) is 2.68. The van der Waals surface area contributed by atoms with Crippen molar-refractivity contribution in [3.63, 3.8) is 0 Å². The standard InChI is InChI=1S/C12H21BrN6/c1-19(2)12(5-3-4-6-12)8-16-10-9(13)7-15-11(17-10)18-14/h7H,3-6,8,14H2,1-2H3,(H2,15,16,17,18). The summed E-state index contributed by atoms with van der Waals surface area (Å²) in [6.07, 6.45) is 6.72. The van der Waals surface area contributed by atoms with Gasteiger partial charge in [0.05, 0.1) is 4.47 Å². The molecule has 0 unspecified atom stereocenters. The Balaban J connectivity index is 2.09. The van der Waals surface area contributed by atoms with Gasteiger partial charge in [-0.2, -0.15) is 4.98 Å². The molecule has 0 radical (unpaired) electrons. The minimum atomic E-state index is 0.223. The van der Waals surface area contributed by atoms with E-state index in [1.807, 2.05) is 0 Å². The van der Waals surface area contributed by atoms with Crippen molar-refractivity contribution in [2.75, 3.05) is 31.4 Å². The molecule has 0 atom stereocenters. The van der Waals surface area contributed by atoms with Crippen LogP contribution in [-0.4, -0.2) is 41.0 Å². The molecule has 1 saturated carbocycles. The lowest BCUT2D eigenvalue weighted by Gasteiger charge is -2.36. The van der Waals surface area contributed by atoms with Crippen LogP contribution in [0.4, 0.5) is 11.8 Å². The molecule has 1 aromatic rings. The maximum atomic E-state index is 5.33. The number of hydrogen-bond acceptors (Lipinski definition) is 6. The van der Waals surface area contributed by atoms with Crippen LogP contribution >= 0.6 is 15.9 Å². The highest BCUT2D eigenvalue weighted by Gasteiger charge is 2.35. The molecule has 4 N–H and O–H groups in total. The number of halogens is 1. The fourth-order valence-electron chi connectivity index (χ4n) is 2.62. The van der Waals surface area contributed by atoms with Crippen LogP contribution in [0.5, 0.6) is 0 Å². The maximum absolute atomic E-state index is 5.33. The lowest BCUT2D eigenvalue weighted by Crippen LogP contribution is -2.47. The average molecular weight is 329 g/mol. The van der Waals surface area contributed by atoms with Gasteiger partial charge in [0.2, 0.25) is 5.95 Å². The molecule has 106 valence electrons. The van der Waals surface area contributed by atoms with Gasteiger partial charge in [0.15, 0.2) is 0 Å². The molecule has 2 rings (SSSR count). The Morgan fingerprint density at radius 1 is 1.42 bits per heavy atom. The van der Waals surface area contributed by atoms with E-state index >= 15 is 0 Å². The molecule has 1 fully saturated rings. The van der Waals surface area contributed by atoms with Gasteiger partial charge in [-0.05, 0) is 42.9 Å². The summed E-state index contributed by atoms with van der Waals surface area (Å²) in [5.74, 6) is 6.52. The highest BCUT2D eigenvalue weighted by atomic mass is 79.9. The molecule has 0 saturated heterocycles. The number of anilines is 2. The Hall–Kier alpha value is -0.920. The number of hydrazine groups is 1. The third kappa shape index (κ3) is 3.16. The van der Waals surface area contributed by atoms with E-state index in [0.717, 1.165) is 16.8 Å². The first kappa shape index (κ1) is 14.5. The minimum Gasteiger partial charge on any atom is -0.367 e. The van der Waals surface area contributed by atoms with Crippen LogP contribution in [0.1, 0.15) is 25.7 Å². The zero-order valence-corrected chi connectivity index (χ0v) is 13.0. The highest BCUT2D eigenvalue weighted by Crippen LogP contribution is 2.34. The van der Waals surface area contributed by atoms with Gasteiger partial charge in [-0.3, -0.25) is 5.43 Å². The zero-order chi connectivity index (χ0) is 13.9. The molecule has 6 nitrogen and oxygen atoms in total. The molecule has 0 aliphatic heterocycles. The van der Waals surface area contributed by atoms with Gasteiger partial charge in [-0.25, -0.2) is 10.8 Å². The smallest absolute Gasteiger partial charge is 0.239 e. The number of nitrogens with one attached hydrogen (secondary N) is 2. The van der Waals surface area contributed by atoms with Gasteiger partial charge in [-0.15, -0.1) is 0 Å². The van der Waals surface area contributed by atoms with E-state index in [9.17, 15) is 0 Å². The average Bonchev–Trinajstić information content (AvgIpc) is 2.88. The summed E-state index contributed by atoms with van der Waals surface area (Å²) in [7, 11) is 4.30. The first-order valence-electron chi connectivity index (χ1n) is 6.48. The van der Waals surface area contributed by atoms with E-state index in [1.165, 1.54) is 25.7 Å². The van der Waals surface area contributed by atoms with E-state index in [4.69, 9.17) is 5.84 Å². The molecule has 0 amide bonds. The lowest BCUT2D eigenvalue weighted by molar-refractivity contribution is 0.172. The van der Waals surface area contributed by atoms with Crippen molar-refractivity contribution < 1.29 is 0 Å². The fourth-order valence-corrected chi connectivity index (χ4v) is 2.96. The van der Waals surface area contributed by atoms with Gasteiger partial charge >= 0.3 is 0 Å². The summed E-state index contributed by atoms with van der Waals surface area (Å²) in [5, 5.41) is 3.42. The summed E-state index contributed by atoms with van der Waals surface area (Å²) in [4.78, 5) is 10.7. The topological polar surface area (TPSA) is 79.1 Å². The first-order valence-corrected chi connectivity index (χ1v) is 7.27. The zero-order valence-electron chi connectivity index (χ0n) is 11.4. The Labute approximate surface area is 122 Å². The third-order valence-electron chi connectivity index (χ3n) is 3.94. The molecule has 0 bridgehead atoms. The molecular weight excluding hydrogens is 308 g/mol. The molecule has 7 heteroatoms. The van der Waals surface area contributed by atoms with Crippen LogP contribution in [0.3, 0.4) is 0 Å². The Kier molecular flexibility index (Phi) is 4.59. The number of nitrogens with two attached hydrogens (primary N) is 1. The lowest BCUT2D eigenvalue weighted by atomic mass is 9.96. The number of likely N-dealkylation sites (N-methyl/N-ethyl adjacent to an activating group) is 1. The van der Waals surface area contributed by atoms with Crippen molar-refractivity contribution in [3.05, 3.63) is 10.7 Å². The summed E-state index contributed by atoms with van der Waals surface area (Å²) < 4.78 is 0.846. The van der Waals surface area contributed by atoms with Crippen LogP contribution in [0.2, 0.25) is 0 Å². The number of aromatic nitrogens is 2. The number of hydrogen-bond donors (Lipinski definition) is 3. The van der Waals surface area contributed by atoms with E-state index in [-0.39, 0.29) is 5.54 Å². The highest BCUT2D eigenvalue weighted by molar-refractivity contribution is 9.10. The summed E-state index contributed by atoms with van der Waals surface area (Å²) in [6.45, 7) is 0.875. The van der Waals surface area contributed by atoms with Crippen molar-refractivity contribution >= 4 is 27.7 Å². The monoisotopic (exact) mass is 328 g/mol. The molecule has 0 spiro atoms. The summed E-state index contributed by atoms with van der Waals surface area (Å²) >= 11 is 3.45. The molecule has 19 heavy (non-hydrogen) atoms. The van der Waals surface area contributed by atoms with Gasteiger partial charge in [0.1, 0.15) is 5.82 Å². The van der Waals surface area contributed by atoms with E-state index in [1.54, 1.807) is 6.20 Å². The Morgan fingerprint density at radius 3 is 2.68 bits per heavy atom. The van der Waals surface area contributed by atoms with Gasteiger partial charge in [0.25, 0.3) is 0 Å². The van der Waals surface area contributed by atoms with Gasteiger partial charge in [0, 0.05) is 18.3 Å². The van der Waals surface area contributed by atoms with Crippen molar-refractivity contribution in [2.45, 2.75) is 31.2 Å². The molecule has 1 aromatic heterocycles. The van der Waals surface area contributed by atoms with Crippen LogP contribution in [0, 0.1) is 0 Å². The predicted molar refractivity (Wildman–Crippen MR) is 80.9 cm³/mol. The minimum absolute atomic E-state index is 0.223. The van der Waals surface area contributed by atoms with Crippen molar-refractivity contribution in [1.82, 2.24) is 14.9 Å². The van der Waals surface area contributed by atoms with Gasteiger partial charge in [-0.1, -0.05) is 12.8 Å². The first-order chi connectivity index (χ1) is 9.07. The molecular formula is C12H21BrN6. The third-order valence-corrected chi connectivity index (χ3v) is 4.52. The normalized spacial score (nSPS) is 17.7. The van der Waals surface area contributed by atoms with E-state index in [0.29, 0.717) is 5.95 Å². The SMILES string of the molecule is CN(C)C1(CNc2nc(NN)ncc2Br)CCCC1. The second kappa shape index (κ2) is 6.02. The van der Waals surface area contributed by atoms with Crippen LogP contribution in [0.15, 0.2) is 10.7 Å². The van der Waals surface area contributed by atoms with E-state index in [2.05, 4.69) is 55.6 Å². The Bertz CT molecular complexity index is 430.